The van der Waals surface area contributed by atoms with Gasteiger partial charge in [-0.15, -0.1) is 12.3 Å². The van der Waals surface area contributed by atoms with Crippen LogP contribution >= 0.6 is 15.9 Å². The molecule has 140 valence electrons. The number of halogens is 1. The molecule has 2 atom stereocenters. The Hall–Kier alpha value is -2.46. The summed E-state index contributed by atoms with van der Waals surface area (Å²) in [4.78, 5) is 35.3. The molecule has 1 fully saturated rings. The van der Waals surface area contributed by atoms with Crippen molar-refractivity contribution >= 4 is 38.6 Å². The molecule has 0 bridgehead atoms. The second-order valence-electron chi connectivity index (χ2n) is 6.78. The number of nitrogens with zero attached hydrogens (tertiary/aromatic N) is 3. The Morgan fingerprint density at radius 3 is 3.00 bits per heavy atom. The van der Waals surface area contributed by atoms with Gasteiger partial charge >= 0.3 is 0 Å². The first-order chi connectivity index (χ1) is 13.0. The molecule has 1 saturated heterocycles. The summed E-state index contributed by atoms with van der Waals surface area (Å²) >= 11 is 3.42. The van der Waals surface area contributed by atoms with Gasteiger partial charge in [0.2, 0.25) is 5.91 Å². The van der Waals surface area contributed by atoms with E-state index in [1.807, 2.05) is 6.07 Å². The summed E-state index contributed by atoms with van der Waals surface area (Å²) in [6.07, 6.45) is 10.2. The Balaban J connectivity index is 1.71. The molecule has 27 heavy (non-hydrogen) atoms. The molecule has 3 rings (SSSR count). The van der Waals surface area contributed by atoms with E-state index < -0.39 is 0 Å². The molecule has 0 spiro atoms. The van der Waals surface area contributed by atoms with Gasteiger partial charge in [-0.1, -0.05) is 6.92 Å². The smallest absolute Gasteiger partial charge is 0.270 e. The van der Waals surface area contributed by atoms with E-state index in [0.29, 0.717) is 37.1 Å². The molecule has 3 heterocycles. The number of piperidine rings is 1. The quantitative estimate of drug-likeness (QED) is 0.759. The minimum absolute atomic E-state index is 0.0411. The van der Waals surface area contributed by atoms with Crippen LogP contribution in [-0.4, -0.2) is 45.8 Å². The van der Waals surface area contributed by atoms with Crippen molar-refractivity contribution in [3.8, 4) is 12.3 Å². The number of likely N-dealkylation sites (tertiary alicyclic amines) is 1. The third kappa shape index (κ3) is 4.45. The van der Waals surface area contributed by atoms with Crippen LogP contribution in [0.3, 0.4) is 0 Å². The molecule has 1 N–H and O–H groups in total. The van der Waals surface area contributed by atoms with Crippen molar-refractivity contribution in [2.75, 3.05) is 13.1 Å². The zero-order chi connectivity index (χ0) is 19.4. The van der Waals surface area contributed by atoms with Crippen molar-refractivity contribution < 1.29 is 9.59 Å². The fraction of sp³-hybridized carbons (Fsp3) is 0.400. The molecule has 0 saturated carbocycles. The van der Waals surface area contributed by atoms with Crippen LogP contribution in [0.4, 0.5) is 0 Å². The summed E-state index contributed by atoms with van der Waals surface area (Å²) in [5.41, 5.74) is 1.04. The number of fused-ring (bicyclic) bond motifs is 1. The van der Waals surface area contributed by atoms with Crippen LogP contribution in [0.2, 0.25) is 0 Å². The van der Waals surface area contributed by atoms with Gasteiger partial charge in [0, 0.05) is 49.8 Å². The van der Waals surface area contributed by atoms with Gasteiger partial charge in [0.05, 0.1) is 9.99 Å². The molecule has 2 aromatic heterocycles. The maximum atomic E-state index is 12.7. The molecule has 0 aromatic carbocycles. The Kier molecular flexibility index (Phi) is 6.07. The van der Waals surface area contributed by atoms with Gasteiger partial charge in [-0.2, -0.15) is 0 Å². The predicted octanol–water partition coefficient (Wildman–Crippen LogP) is 2.77. The lowest BCUT2D eigenvalue weighted by atomic mass is 9.93. The van der Waals surface area contributed by atoms with Gasteiger partial charge in [0.15, 0.2) is 0 Å². The first kappa shape index (κ1) is 19.3. The average Bonchev–Trinajstić information content (AvgIpc) is 2.67. The summed E-state index contributed by atoms with van der Waals surface area (Å²) < 4.78 is 0.742. The van der Waals surface area contributed by atoms with Crippen LogP contribution < -0.4 is 5.32 Å². The van der Waals surface area contributed by atoms with E-state index in [0.717, 1.165) is 16.3 Å². The summed E-state index contributed by atoms with van der Waals surface area (Å²) in [6.45, 7) is 3.28. The Labute approximate surface area is 166 Å². The Morgan fingerprint density at radius 1 is 1.41 bits per heavy atom. The SMILES string of the molecule is C#CCCC(=O)N1CCC(C)C(NC(=O)c2ccc3cncc(Br)c3n2)C1. The largest absolute Gasteiger partial charge is 0.346 e. The van der Waals surface area contributed by atoms with Crippen molar-refractivity contribution in [1.82, 2.24) is 20.2 Å². The molecule has 6 nitrogen and oxygen atoms in total. The maximum absolute atomic E-state index is 12.7. The molecule has 2 aromatic rings. The van der Waals surface area contributed by atoms with E-state index in [2.05, 4.69) is 44.1 Å². The average molecular weight is 429 g/mol. The summed E-state index contributed by atoms with van der Waals surface area (Å²) in [5.74, 6) is 2.58. The van der Waals surface area contributed by atoms with E-state index in [-0.39, 0.29) is 23.8 Å². The van der Waals surface area contributed by atoms with Gasteiger partial charge in [-0.05, 0) is 40.4 Å². The molecule has 1 aliphatic rings. The van der Waals surface area contributed by atoms with E-state index in [1.165, 1.54) is 0 Å². The fourth-order valence-corrected chi connectivity index (χ4v) is 3.64. The number of nitrogens with one attached hydrogen (secondary N) is 1. The van der Waals surface area contributed by atoms with Crippen molar-refractivity contribution in [2.45, 2.75) is 32.2 Å². The highest BCUT2D eigenvalue weighted by Crippen LogP contribution is 2.22. The second kappa shape index (κ2) is 8.49. The van der Waals surface area contributed by atoms with Crippen LogP contribution in [0.15, 0.2) is 29.0 Å². The lowest BCUT2D eigenvalue weighted by Crippen LogP contribution is -2.53. The zero-order valence-electron chi connectivity index (χ0n) is 15.1. The van der Waals surface area contributed by atoms with E-state index >= 15 is 0 Å². The third-order valence-electron chi connectivity index (χ3n) is 4.90. The molecule has 0 aliphatic carbocycles. The Bertz CT molecular complexity index is 908. The van der Waals surface area contributed by atoms with E-state index in [1.54, 1.807) is 23.4 Å². The van der Waals surface area contributed by atoms with E-state index in [9.17, 15) is 9.59 Å². The van der Waals surface area contributed by atoms with Gasteiger partial charge in [0.1, 0.15) is 5.69 Å². The number of carbonyl (C=O) groups is 2. The number of pyridine rings is 2. The number of terminal acetylenes is 1. The zero-order valence-corrected chi connectivity index (χ0v) is 16.7. The Morgan fingerprint density at radius 2 is 2.22 bits per heavy atom. The molecule has 0 radical (unpaired) electrons. The maximum Gasteiger partial charge on any atom is 0.270 e. The van der Waals surface area contributed by atoms with E-state index in [4.69, 9.17) is 6.42 Å². The summed E-state index contributed by atoms with van der Waals surface area (Å²) in [5, 5.41) is 3.90. The topological polar surface area (TPSA) is 75.2 Å². The standard InChI is InChI=1S/C20H21BrN4O2/c1-3-4-5-18(26)25-9-8-13(2)17(12-25)24-20(27)16-7-6-14-10-22-11-15(21)19(14)23-16/h1,6-7,10-11,13,17H,4-5,8-9,12H2,2H3,(H,24,27). The predicted molar refractivity (Wildman–Crippen MR) is 107 cm³/mol. The van der Waals surface area contributed by atoms with Crippen LogP contribution in [0.5, 0.6) is 0 Å². The van der Waals surface area contributed by atoms with Gasteiger partial charge in [-0.3, -0.25) is 14.6 Å². The molecule has 1 aliphatic heterocycles. The molecule has 7 heteroatoms. The van der Waals surface area contributed by atoms with Crippen LogP contribution in [0, 0.1) is 18.3 Å². The number of rotatable bonds is 4. The minimum atomic E-state index is -0.240. The van der Waals surface area contributed by atoms with Crippen molar-refractivity contribution in [3.05, 3.63) is 34.7 Å². The molecular weight excluding hydrogens is 408 g/mol. The molecule has 2 unspecified atom stereocenters. The lowest BCUT2D eigenvalue weighted by Gasteiger charge is -2.37. The number of hydrogen-bond acceptors (Lipinski definition) is 4. The van der Waals surface area contributed by atoms with Crippen molar-refractivity contribution in [3.63, 3.8) is 0 Å². The fourth-order valence-electron chi connectivity index (χ4n) is 3.20. The number of aromatic nitrogens is 2. The van der Waals surface area contributed by atoms with Crippen LogP contribution in [0.25, 0.3) is 10.9 Å². The van der Waals surface area contributed by atoms with Gasteiger partial charge in [-0.25, -0.2) is 4.98 Å². The summed E-state index contributed by atoms with van der Waals surface area (Å²) in [7, 11) is 0. The van der Waals surface area contributed by atoms with Crippen molar-refractivity contribution in [1.29, 1.82) is 0 Å². The highest BCUT2D eigenvalue weighted by Gasteiger charge is 2.30. The monoisotopic (exact) mass is 428 g/mol. The highest BCUT2D eigenvalue weighted by atomic mass is 79.9. The second-order valence-corrected chi connectivity index (χ2v) is 7.63. The first-order valence-electron chi connectivity index (χ1n) is 8.92. The summed E-state index contributed by atoms with van der Waals surface area (Å²) in [6, 6.07) is 3.41. The number of amides is 2. The first-order valence-corrected chi connectivity index (χ1v) is 9.71. The van der Waals surface area contributed by atoms with Gasteiger partial charge in [0.25, 0.3) is 5.91 Å². The van der Waals surface area contributed by atoms with Gasteiger partial charge < -0.3 is 10.2 Å². The lowest BCUT2D eigenvalue weighted by molar-refractivity contribution is -0.132. The molecular formula is C20H21BrN4O2. The minimum Gasteiger partial charge on any atom is -0.346 e. The molecule has 2 amide bonds. The third-order valence-corrected chi connectivity index (χ3v) is 5.48. The normalized spacial score (nSPS) is 19.5. The van der Waals surface area contributed by atoms with Crippen LogP contribution in [0.1, 0.15) is 36.7 Å². The number of hydrogen-bond donors (Lipinski definition) is 1. The van der Waals surface area contributed by atoms with Crippen molar-refractivity contribution in [2.24, 2.45) is 5.92 Å². The number of carbonyl (C=O) groups excluding carboxylic acids is 2. The highest BCUT2D eigenvalue weighted by molar-refractivity contribution is 9.10. The van der Waals surface area contributed by atoms with Crippen LogP contribution in [-0.2, 0) is 4.79 Å².